The maximum atomic E-state index is 13.3. The third-order valence-corrected chi connectivity index (χ3v) is 7.40. The predicted octanol–water partition coefficient (Wildman–Crippen LogP) is 2.56. The van der Waals surface area contributed by atoms with Crippen LogP contribution >= 0.6 is 0 Å². The SMILES string of the molecule is COc1ccc2c(c1)C1CC(C)(NC(=O)C1S(=O)(=O)c1ccc(C)cc1)O2. The quantitative estimate of drug-likeness (QED) is 0.875. The summed E-state index contributed by atoms with van der Waals surface area (Å²) < 4.78 is 37.9. The Morgan fingerprint density at radius 2 is 1.89 bits per heavy atom. The summed E-state index contributed by atoms with van der Waals surface area (Å²) in [4.78, 5) is 13.0. The van der Waals surface area contributed by atoms with Crippen molar-refractivity contribution in [3.8, 4) is 11.5 Å². The normalized spacial score (nSPS) is 26.6. The van der Waals surface area contributed by atoms with E-state index in [2.05, 4.69) is 5.32 Å². The maximum absolute atomic E-state index is 13.3. The van der Waals surface area contributed by atoms with E-state index in [1.54, 1.807) is 56.5 Å². The van der Waals surface area contributed by atoms with Gasteiger partial charge in [0.15, 0.2) is 20.8 Å². The van der Waals surface area contributed by atoms with E-state index in [1.807, 2.05) is 6.92 Å². The molecule has 1 saturated heterocycles. The van der Waals surface area contributed by atoms with E-state index in [-0.39, 0.29) is 4.90 Å². The molecule has 0 aromatic heterocycles. The summed E-state index contributed by atoms with van der Waals surface area (Å²) in [5, 5.41) is 1.54. The lowest BCUT2D eigenvalue weighted by atomic mass is 9.81. The van der Waals surface area contributed by atoms with Gasteiger partial charge in [0, 0.05) is 17.9 Å². The van der Waals surface area contributed by atoms with Gasteiger partial charge < -0.3 is 14.8 Å². The van der Waals surface area contributed by atoms with Crippen LogP contribution in [0.3, 0.4) is 0 Å². The third-order valence-electron chi connectivity index (χ3n) is 5.26. The first kappa shape index (κ1) is 17.9. The molecular weight excluding hydrogens is 366 g/mol. The highest BCUT2D eigenvalue weighted by Crippen LogP contribution is 2.48. The van der Waals surface area contributed by atoms with Crippen molar-refractivity contribution in [2.75, 3.05) is 7.11 Å². The van der Waals surface area contributed by atoms with Gasteiger partial charge in [-0.25, -0.2) is 8.42 Å². The molecule has 3 unspecified atom stereocenters. The summed E-state index contributed by atoms with van der Waals surface area (Å²) in [6.07, 6.45) is 0.370. The fraction of sp³-hybridized carbons (Fsp3) is 0.350. The summed E-state index contributed by atoms with van der Waals surface area (Å²) >= 11 is 0. The zero-order valence-corrected chi connectivity index (χ0v) is 16.2. The minimum atomic E-state index is -3.88. The Labute approximate surface area is 158 Å². The Morgan fingerprint density at radius 3 is 2.56 bits per heavy atom. The van der Waals surface area contributed by atoms with Crippen molar-refractivity contribution < 1.29 is 22.7 Å². The topological polar surface area (TPSA) is 81.7 Å². The van der Waals surface area contributed by atoms with Crippen molar-refractivity contribution >= 4 is 15.7 Å². The lowest BCUT2D eigenvalue weighted by Gasteiger charge is -2.46. The molecule has 0 aliphatic carbocycles. The lowest BCUT2D eigenvalue weighted by Crippen LogP contribution is -2.63. The fourth-order valence-electron chi connectivity index (χ4n) is 3.94. The second-order valence-corrected chi connectivity index (χ2v) is 9.38. The van der Waals surface area contributed by atoms with Gasteiger partial charge in [0.05, 0.1) is 12.0 Å². The average molecular weight is 387 g/mol. The van der Waals surface area contributed by atoms with E-state index >= 15 is 0 Å². The lowest BCUT2D eigenvalue weighted by molar-refractivity contribution is -0.132. The van der Waals surface area contributed by atoms with Crippen molar-refractivity contribution in [1.29, 1.82) is 0 Å². The van der Waals surface area contributed by atoms with Gasteiger partial charge in [-0.3, -0.25) is 4.79 Å². The van der Waals surface area contributed by atoms with Crippen LogP contribution in [0.25, 0.3) is 0 Å². The number of hydrogen-bond donors (Lipinski definition) is 1. The van der Waals surface area contributed by atoms with Crippen molar-refractivity contribution in [1.82, 2.24) is 5.32 Å². The van der Waals surface area contributed by atoms with Gasteiger partial charge >= 0.3 is 0 Å². The number of carbonyl (C=O) groups excluding carboxylic acids is 1. The van der Waals surface area contributed by atoms with Gasteiger partial charge in [0.2, 0.25) is 5.91 Å². The molecule has 3 atom stereocenters. The molecule has 27 heavy (non-hydrogen) atoms. The van der Waals surface area contributed by atoms with E-state index in [1.165, 1.54) is 0 Å². The molecule has 2 aliphatic heterocycles. The highest BCUT2D eigenvalue weighted by atomic mass is 32.2. The standard InChI is InChI=1S/C20H21NO5S/c1-12-4-7-14(8-5-12)27(23,24)18-16-11-20(2,21-19(18)22)26-17-9-6-13(25-3)10-15(16)17/h4-10,16,18H,11H2,1-3H3,(H,21,22). The number of piperidine rings is 1. The maximum Gasteiger partial charge on any atom is 0.242 e. The molecule has 1 amide bonds. The molecule has 7 heteroatoms. The van der Waals surface area contributed by atoms with E-state index in [0.717, 1.165) is 5.56 Å². The molecule has 1 fully saturated rings. The molecule has 6 nitrogen and oxygen atoms in total. The van der Waals surface area contributed by atoms with Crippen molar-refractivity contribution in [3.05, 3.63) is 53.6 Å². The third kappa shape index (κ3) is 2.86. The van der Waals surface area contributed by atoms with E-state index in [4.69, 9.17) is 9.47 Å². The van der Waals surface area contributed by atoms with Crippen molar-refractivity contribution in [3.63, 3.8) is 0 Å². The van der Waals surface area contributed by atoms with Crippen LogP contribution in [0.5, 0.6) is 11.5 Å². The number of carbonyl (C=O) groups is 1. The van der Waals surface area contributed by atoms with Crippen LogP contribution in [0, 0.1) is 6.92 Å². The molecular formula is C20H21NO5S. The summed E-state index contributed by atoms with van der Waals surface area (Å²) in [6, 6.07) is 11.8. The highest BCUT2D eigenvalue weighted by Gasteiger charge is 2.54. The Balaban J connectivity index is 1.86. The van der Waals surface area contributed by atoms with Gasteiger partial charge in [-0.2, -0.15) is 0 Å². The Morgan fingerprint density at radius 1 is 1.19 bits per heavy atom. The number of hydrogen-bond acceptors (Lipinski definition) is 5. The van der Waals surface area contributed by atoms with Crippen LogP contribution < -0.4 is 14.8 Å². The number of rotatable bonds is 3. The second kappa shape index (κ2) is 5.99. The summed E-state index contributed by atoms with van der Waals surface area (Å²) in [6.45, 7) is 3.65. The van der Waals surface area contributed by atoms with Gasteiger partial charge in [-0.15, -0.1) is 0 Å². The number of nitrogens with one attached hydrogen (secondary N) is 1. The summed E-state index contributed by atoms with van der Waals surface area (Å²) in [5.41, 5.74) is 0.709. The Bertz CT molecular complexity index is 1020. The van der Waals surface area contributed by atoms with Gasteiger partial charge in [-0.05, 0) is 44.2 Å². The minimum Gasteiger partial charge on any atom is -0.497 e. The molecule has 1 N–H and O–H groups in total. The second-order valence-electron chi connectivity index (χ2n) is 7.32. The molecule has 2 aromatic carbocycles. The van der Waals surface area contributed by atoms with Crippen LogP contribution in [-0.2, 0) is 14.6 Å². The first-order valence-electron chi connectivity index (χ1n) is 8.73. The molecule has 4 rings (SSSR count). The molecule has 0 spiro atoms. The van der Waals surface area contributed by atoms with Crippen molar-refractivity contribution in [2.24, 2.45) is 0 Å². The molecule has 2 aliphatic rings. The Hall–Kier alpha value is -2.54. The van der Waals surface area contributed by atoms with E-state index < -0.39 is 32.6 Å². The first-order chi connectivity index (χ1) is 12.7. The number of aryl methyl sites for hydroxylation is 1. The monoisotopic (exact) mass is 387 g/mol. The average Bonchev–Trinajstić information content (AvgIpc) is 2.60. The summed E-state index contributed by atoms with van der Waals surface area (Å²) in [7, 11) is -2.33. The van der Waals surface area contributed by atoms with Crippen molar-refractivity contribution in [2.45, 2.75) is 42.1 Å². The highest BCUT2D eigenvalue weighted by molar-refractivity contribution is 7.92. The van der Waals surface area contributed by atoms with Crippen LogP contribution in [0.1, 0.15) is 30.4 Å². The molecule has 0 radical (unpaired) electrons. The smallest absolute Gasteiger partial charge is 0.242 e. The zero-order valence-electron chi connectivity index (χ0n) is 15.4. The number of sulfone groups is 1. The summed E-state index contributed by atoms with van der Waals surface area (Å²) in [5.74, 6) is 0.105. The first-order valence-corrected chi connectivity index (χ1v) is 10.3. The predicted molar refractivity (Wildman–Crippen MR) is 99.7 cm³/mol. The number of benzene rings is 2. The van der Waals surface area contributed by atoms with Crippen LogP contribution in [0.4, 0.5) is 0 Å². The molecule has 2 heterocycles. The molecule has 142 valence electrons. The van der Waals surface area contributed by atoms with Crippen LogP contribution in [0.15, 0.2) is 47.4 Å². The van der Waals surface area contributed by atoms with Gasteiger partial charge in [0.1, 0.15) is 11.5 Å². The number of ether oxygens (including phenoxy) is 2. The van der Waals surface area contributed by atoms with Gasteiger partial charge in [0.25, 0.3) is 0 Å². The largest absolute Gasteiger partial charge is 0.497 e. The van der Waals surface area contributed by atoms with Crippen LogP contribution in [-0.4, -0.2) is 32.4 Å². The molecule has 2 aromatic rings. The Kier molecular flexibility index (Phi) is 3.96. The molecule has 0 saturated carbocycles. The number of amides is 1. The zero-order chi connectivity index (χ0) is 19.4. The van der Waals surface area contributed by atoms with E-state index in [9.17, 15) is 13.2 Å². The van der Waals surface area contributed by atoms with Gasteiger partial charge in [-0.1, -0.05) is 17.7 Å². The fourth-order valence-corrected chi connectivity index (χ4v) is 5.77. The number of fused-ring (bicyclic) bond motifs is 4. The van der Waals surface area contributed by atoms with Crippen LogP contribution in [0.2, 0.25) is 0 Å². The van der Waals surface area contributed by atoms with E-state index in [0.29, 0.717) is 23.5 Å². The number of methoxy groups -OCH3 is 1. The molecule has 2 bridgehead atoms. The minimum absolute atomic E-state index is 0.146.